The van der Waals surface area contributed by atoms with Gasteiger partial charge in [-0.15, -0.1) is 0 Å². The van der Waals surface area contributed by atoms with Crippen molar-refractivity contribution in [2.45, 2.75) is 38.7 Å². The van der Waals surface area contributed by atoms with Crippen LogP contribution in [0.15, 0.2) is 18.2 Å². The number of hydrogen-bond donors (Lipinski definition) is 3. The summed E-state index contributed by atoms with van der Waals surface area (Å²) in [7, 11) is 0. The SMILES string of the molecule is CC(=O)NCCC(O)C(O)c1cccc(C(F)(F)F)c1C. The predicted molar refractivity (Wildman–Crippen MR) is 70.4 cm³/mol. The van der Waals surface area contributed by atoms with Crippen LogP contribution in [-0.4, -0.2) is 28.8 Å². The van der Waals surface area contributed by atoms with E-state index >= 15 is 0 Å². The van der Waals surface area contributed by atoms with E-state index in [9.17, 15) is 28.2 Å². The molecule has 0 aromatic heterocycles. The van der Waals surface area contributed by atoms with Gasteiger partial charge in [-0.25, -0.2) is 0 Å². The van der Waals surface area contributed by atoms with Crippen molar-refractivity contribution in [1.82, 2.24) is 5.32 Å². The van der Waals surface area contributed by atoms with Crippen LogP contribution < -0.4 is 5.32 Å². The molecule has 2 atom stereocenters. The molecule has 0 radical (unpaired) electrons. The number of carbonyl (C=O) groups excluding carboxylic acids is 1. The molecule has 0 spiro atoms. The molecule has 1 amide bonds. The number of amides is 1. The molecule has 3 N–H and O–H groups in total. The van der Waals surface area contributed by atoms with Gasteiger partial charge in [0.15, 0.2) is 0 Å². The number of benzene rings is 1. The molecular formula is C14H18F3NO3. The van der Waals surface area contributed by atoms with E-state index < -0.39 is 23.9 Å². The minimum Gasteiger partial charge on any atom is -0.390 e. The van der Waals surface area contributed by atoms with Crippen molar-refractivity contribution in [2.24, 2.45) is 0 Å². The van der Waals surface area contributed by atoms with Crippen LogP contribution in [0.4, 0.5) is 13.2 Å². The van der Waals surface area contributed by atoms with Crippen LogP contribution in [-0.2, 0) is 11.0 Å². The highest BCUT2D eigenvalue weighted by Gasteiger charge is 2.34. The summed E-state index contributed by atoms with van der Waals surface area (Å²) in [6, 6.07) is 3.46. The van der Waals surface area contributed by atoms with Crippen molar-refractivity contribution in [1.29, 1.82) is 0 Å². The highest BCUT2D eigenvalue weighted by atomic mass is 19.4. The van der Waals surface area contributed by atoms with Gasteiger partial charge in [0.25, 0.3) is 0 Å². The van der Waals surface area contributed by atoms with Crippen LogP contribution in [0, 0.1) is 6.92 Å². The topological polar surface area (TPSA) is 69.6 Å². The number of nitrogens with one attached hydrogen (secondary N) is 1. The number of carbonyl (C=O) groups is 1. The lowest BCUT2D eigenvalue weighted by Gasteiger charge is -2.22. The Hall–Kier alpha value is -1.60. The average molecular weight is 305 g/mol. The normalized spacial score (nSPS) is 14.6. The Balaban J connectivity index is 2.87. The van der Waals surface area contributed by atoms with Crippen molar-refractivity contribution in [3.63, 3.8) is 0 Å². The summed E-state index contributed by atoms with van der Waals surface area (Å²) in [6.45, 7) is 2.69. The molecule has 21 heavy (non-hydrogen) atoms. The maximum Gasteiger partial charge on any atom is 0.416 e. The molecule has 7 heteroatoms. The molecule has 0 aliphatic rings. The lowest BCUT2D eigenvalue weighted by molar-refractivity contribution is -0.138. The second-order valence-corrected chi connectivity index (χ2v) is 4.80. The van der Waals surface area contributed by atoms with Crippen LogP contribution in [0.1, 0.15) is 36.1 Å². The van der Waals surface area contributed by atoms with Crippen LogP contribution >= 0.6 is 0 Å². The molecule has 4 nitrogen and oxygen atoms in total. The smallest absolute Gasteiger partial charge is 0.390 e. The van der Waals surface area contributed by atoms with Crippen LogP contribution in [0.25, 0.3) is 0 Å². The molecule has 0 aliphatic carbocycles. The molecule has 0 heterocycles. The van der Waals surface area contributed by atoms with Crippen molar-refractivity contribution in [3.8, 4) is 0 Å². The van der Waals surface area contributed by atoms with Crippen LogP contribution in [0.5, 0.6) is 0 Å². The third-order valence-corrected chi connectivity index (χ3v) is 3.18. The second-order valence-electron chi connectivity index (χ2n) is 4.80. The Labute approximate surface area is 120 Å². The first-order chi connectivity index (χ1) is 9.64. The standard InChI is InChI=1S/C14H18F3NO3/c1-8-10(4-3-5-11(8)14(15,16)17)13(21)12(20)6-7-18-9(2)19/h3-5,12-13,20-21H,6-7H2,1-2H3,(H,18,19). The molecular weight excluding hydrogens is 287 g/mol. The minimum absolute atomic E-state index is 0.0279. The minimum atomic E-state index is -4.51. The van der Waals surface area contributed by atoms with Crippen LogP contribution in [0.2, 0.25) is 0 Å². The third-order valence-electron chi connectivity index (χ3n) is 3.18. The number of alkyl halides is 3. The van der Waals surface area contributed by atoms with Gasteiger partial charge < -0.3 is 15.5 Å². The highest BCUT2D eigenvalue weighted by Crippen LogP contribution is 2.35. The monoisotopic (exact) mass is 305 g/mol. The van der Waals surface area contributed by atoms with Gasteiger partial charge in [0.05, 0.1) is 11.7 Å². The fraction of sp³-hybridized carbons (Fsp3) is 0.500. The van der Waals surface area contributed by atoms with Gasteiger partial charge in [-0.3, -0.25) is 4.79 Å². The fourth-order valence-corrected chi connectivity index (χ4v) is 2.04. The number of rotatable bonds is 5. The Bertz CT molecular complexity index is 503. The van der Waals surface area contributed by atoms with Crippen LogP contribution in [0.3, 0.4) is 0 Å². The fourth-order valence-electron chi connectivity index (χ4n) is 2.04. The van der Waals surface area contributed by atoms with E-state index in [2.05, 4.69) is 5.32 Å². The summed E-state index contributed by atoms with van der Waals surface area (Å²) in [6.07, 6.45) is -7.18. The van der Waals surface area contributed by atoms with Gasteiger partial charge >= 0.3 is 6.18 Å². The molecule has 2 unspecified atom stereocenters. The molecule has 118 valence electrons. The van der Waals surface area contributed by atoms with E-state index in [1.807, 2.05) is 0 Å². The average Bonchev–Trinajstić information content (AvgIpc) is 2.36. The predicted octanol–water partition coefficient (Wildman–Crippen LogP) is 1.93. The first-order valence-electron chi connectivity index (χ1n) is 6.42. The summed E-state index contributed by atoms with van der Waals surface area (Å²) in [5.74, 6) is -0.285. The van der Waals surface area contributed by atoms with Crippen molar-refractivity contribution < 1.29 is 28.2 Å². The van der Waals surface area contributed by atoms with E-state index in [4.69, 9.17) is 0 Å². The van der Waals surface area contributed by atoms with E-state index in [1.54, 1.807) is 0 Å². The van der Waals surface area contributed by atoms with Gasteiger partial charge in [-0.1, -0.05) is 12.1 Å². The largest absolute Gasteiger partial charge is 0.416 e. The molecule has 1 rings (SSSR count). The van der Waals surface area contributed by atoms with E-state index in [1.165, 1.54) is 26.0 Å². The number of aliphatic hydroxyl groups excluding tert-OH is 2. The molecule has 0 fully saturated rings. The Morgan fingerprint density at radius 3 is 2.48 bits per heavy atom. The van der Waals surface area contributed by atoms with Crippen molar-refractivity contribution in [3.05, 3.63) is 34.9 Å². The van der Waals surface area contributed by atoms with E-state index in [-0.39, 0.29) is 30.0 Å². The zero-order valence-electron chi connectivity index (χ0n) is 11.7. The Kier molecular flexibility index (Phi) is 5.74. The van der Waals surface area contributed by atoms with E-state index in [0.717, 1.165) is 6.07 Å². The summed E-state index contributed by atoms with van der Waals surface area (Å²) in [5.41, 5.74) is -0.927. The highest BCUT2D eigenvalue weighted by molar-refractivity contribution is 5.72. The number of aliphatic hydroxyl groups is 2. The lowest BCUT2D eigenvalue weighted by atomic mass is 9.94. The summed E-state index contributed by atoms with van der Waals surface area (Å²) in [5, 5.41) is 22.3. The zero-order chi connectivity index (χ0) is 16.2. The summed E-state index contributed by atoms with van der Waals surface area (Å²) in [4.78, 5) is 10.7. The number of hydrogen-bond acceptors (Lipinski definition) is 3. The van der Waals surface area contributed by atoms with Gasteiger partial charge in [-0.2, -0.15) is 13.2 Å². The maximum absolute atomic E-state index is 12.8. The van der Waals surface area contributed by atoms with Crippen molar-refractivity contribution >= 4 is 5.91 Å². The second kappa shape index (κ2) is 6.91. The third kappa shape index (κ3) is 4.71. The molecule has 1 aromatic carbocycles. The van der Waals surface area contributed by atoms with Gasteiger partial charge in [0, 0.05) is 13.5 Å². The summed E-state index contributed by atoms with van der Waals surface area (Å²) >= 11 is 0. The van der Waals surface area contributed by atoms with Gasteiger partial charge in [0.2, 0.25) is 5.91 Å². The molecule has 1 aromatic rings. The van der Waals surface area contributed by atoms with Gasteiger partial charge in [-0.05, 0) is 30.5 Å². The maximum atomic E-state index is 12.8. The molecule has 0 saturated heterocycles. The molecule has 0 aliphatic heterocycles. The molecule has 0 bridgehead atoms. The Morgan fingerprint density at radius 2 is 1.95 bits per heavy atom. The molecule has 0 saturated carbocycles. The summed E-state index contributed by atoms with van der Waals surface area (Å²) < 4.78 is 38.4. The first-order valence-corrected chi connectivity index (χ1v) is 6.42. The number of halogens is 3. The lowest BCUT2D eigenvalue weighted by Crippen LogP contribution is -2.28. The van der Waals surface area contributed by atoms with E-state index in [0.29, 0.717) is 0 Å². The van der Waals surface area contributed by atoms with Gasteiger partial charge in [0.1, 0.15) is 6.10 Å². The zero-order valence-corrected chi connectivity index (χ0v) is 11.7. The quantitative estimate of drug-likeness (QED) is 0.778. The first kappa shape index (κ1) is 17.5. The Morgan fingerprint density at radius 1 is 1.33 bits per heavy atom. The van der Waals surface area contributed by atoms with Crippen molar-refractivity contribution in [2.75, 3.05) is 6.54 Å².